The van der Waals surface area contributed by atoms with E-state index in [1.807, 2.05) is 18.2 Å². The molecule has 2 atom stereocenters. The van der Waals surface area contributed by atoms with E-state index < -0.39 is 6.10 Å². The van der Waals surface area contributed by atoms with Gasteiger partial charge in [-0.15, -0.1) is 0 Å². The number of aliphatic hydroxyl groups is 1. The molecule has 0 fully saturated rings. The Balaban J connectivity index is 2.16. The van der Waals surface area contributed by atoms with Crippen LogP contribution < -0.4 is 5.32 Å². The number of hydrogen-bond acceptors (Lipinski definition) is 4. The van der Waals surface area contributed by atoms with Gasteiger partial charge >= 0.3 is 0 Å². The Morgan fingerprint density at radius 3 is 2.61 bits per heavy atom. The molecule has 4 nitrogen and oxygen atoms in total. The summed E-state index contributed by atoms with van der Waals surface area (Å²) in [4.78, 5) is 0. The second kappa shape index (κ2) is 9.05. The highest BCUT2D eigenvalue weighted by molar-refractivity contribution is 5.17. The van der Waals surface area contributed by atoms with Crippen LogP contribution in [0.1, 0.15) is 18.5 Å². The smallest absolute Gasteiger partial charge is 0.0897 e. The maximum absolute atomic E-state index is 9.72. The molecule has 0 saturated carbocycles. The van der Waals surface area contributed by atoms with Gasteiger partial charge in [-0.25, -0.2) is 0 Å². The fourth-order valence-electron chi connectivity index (χ4n) is 1.59. The minimum Gasteiger partial charge on any atom is -0.389 e. The molecule has 1 rings (SSSR count). The molecule has 0 bridgehead atoms. The maximum atomic E-state index is 9.72. The SMILES string of the molecule is COCCOCC(O)CN[C@@H](C)c1ccccc1. The van der Waals surface area contributed by atoms with Gasteiger partial charge in [-0.1, -0.05) is 30.3 Å². The molecule has 0 aromatic heterocycles. The van der Waals surface area contributed by atoms with Crippen molar-refractivity contribution in [3.8, 4) is 0 Å². The van der Waals surface area contributed by atoms with Gasteiger partial charge in [0, 0.05) is 19.7 Å². The van der Waals surface area contributed by atoms with Crippen molar-refractivity contribution in [1.82, 2.24) is 5.32 Å². The van der Waals surface area contributed by atoms with Crippen LogP contribution in [-0.4, -0.2) is 44.7 Å². The van der Waals surface area contributed by atoms with Crippen LogP contribution >= 0.6 is 0 Å². The first-order chi connectivity index (χ1) is 8.74. The Morgan fingerprint density at radius 2 is 1.94 bits per heavy atom. The van der Waals surface area contributed by atoms with E-state index in [0.29, 0.717) is 26.4 Å². The zero-order valence-electron chi connectivity index (χ0n) is 11.1. The largest absolute Gasteiger partial charge is 0.389 e. The number of hydrogen-bond donors (Lipinski definition) is 2. The lowest BCUT2D eigenvalue weighted by atomic mass is 10.1. The second-order valence-corrected chi connectivity index (χ2v) is 4.26. The molecular formula is C14H23NO3. The van der Waals surface area contributed by atoms with Crippen LogP contribution in [-0.2, 0) is 9.47 Å². The Hall–Kier alpha value is -0.940. The number of rotatable bonds is 9. The van der Waals surface area contributed by atoms with Gasteiger partial charge in [-0.05, 0) is 12.5 Å². The van der Waals surface area contributed by atoms with Crippen LogP contribution in [0.4, 0.5) is 0 Å². The standard InChI is InChI=1S/C14H23NO3/c1-12(13-6-4-3-5-7-13)15-10-14(16)11-18-9-8-17-2/h3-7,12,14-16H,8-11H2,1-2H3/t12-,14?/m0/s1. The van der Waals surface area contributed by atoms with Crippen LogP contribution in [0.15, 0.2) is 30.3 Å². The Labute approximate surface area is 109 Å². The lowest BCUT2D eigenvalue weighted by molar-refractivity contribution is 0.0130. The summed E-state index contributed by atoms with van der Waals surface area (Å²) in [6, 6.07) is 10.4. The Morgan fingerprint density at radius 1 is 1.22 bits per heavy atom. The number of methoxy groups -OCH3 is 1. The van der Waals surface area contributed by atoms with E-state index in [4.69, 9.17) is 9.47 Å². The molecule has 2 N–H and O–H groups in total. The minimum absolute atomic E-state index is 0.222. The van der Waals surface area contributed by atoms with Crippen molar-refractivity contribution in [3.05, 3.63) is 35.9 Å². The normalized spacial score (nSPS) is 14.4. The molecule has 18 heavy (non-hydrogen) atoms. The van der Waals surface area contributed by atoms with E-state index >= 15 is 0 Å². The van der Waals surface area contributed by atoms with E-state index in [2.05, 4.69) is 24.4 Å². The third kappa shape index (κ3) is 6.12. The van der Waals surface area contributed by atoms with Crippen LogP contribution in [0.3, 0.4) is 0 Å². The van der Waals surface area contributed by atoms with Gasteiger partial charge in [0.05, 0.1) is 25.9 Å². The third-order valence-corrected chi connectivity index (χ3v) is 2.70. The summed E-state index contributed by atoms with van der Waals surface area (Å²) in [7, 11) is 1.63. The maximum Gasteiger partial charge on any atom is 0.0897 e. The van der Waals surface area contributed by atoms with Crippen LogP contribution in [0, 0.1) is 0 Å². The molecule has 0 heterocycles. The van der Waals surface area contributed by atoms with E-state index in [0.717, 1.165) is 0 Å². The number of ether oxygens (including phenoxy) is 2. The van der Waals surface area contributed by atoms with Gasteiger partial charge in [-0.2, -0.15) is 0 Å². The molecule has 102 valence electrons. The molecule has 0 spiro atoms. The molecule has 0 aliphatic carbocycles. The first-order valence-electron chi connectivity index (χ1n) is 6.27. The molecule has 0 aliphatic rings. The molecule has 1 unspecified atom stereocenters. The lowest BCUT2D eigenvalue weighted by Crippen LogP contribution is -2.32. The minimum atomic E-state index is -0.493. The summed E-state index contributed by atoms with van der Waals surface area (Å²) >= 11 is 0. The highest BCUT2D eigenvalue weighted by Crippen LogP contribution is 2.10. The molecular weight excluding hydrogens is 230 g/mol. The fourth-order valence-corrected chi connectivity index (χ4v) is 1.59. The van der Waals surface area contributed by atoms with E-state index in [9.17, 15) is 5.11 Å². The summed E-state index contributed by atoms with van der Waals surface area (Å²) in [6.45, 7) is 4.00. The van der Waals surface area contributed by atoms with E-state index in [-0.39, 0.29) is 6.04 Å². The average Bonchev–Trinajstić information content (AvgIpc) is 2.42. The van der Waals surface area contributed by atoms with Gasteiger partial charge in [0.1, 0.15) is 0 Å². The zero-order valence-corrected chi connectivity index (χ0v) is 11.1. The van der Waals surface area contributed by atoms with Crippen molar-refractivity contribution in [2.24, 2.45) is 0 Å². The van der Waals surface area contributed by atoms with E-state index in [1.165, 1.54) is 5.56 Å². The van der Waals surface area contributed by atoms with Crippen molar-refractivity contribution in [2.45, 2.75) is 19.1 Å². The molecule has 1 aromatic carbocycles. The van der Waals surface area contributed by atoms with Crippen molar-refractivity contribution in [3.63, 3.8) is 0 Å². The van der Waals surface area contributed by atoms with Gasteiger partial charge in [0.2, 0.25) is 0 Å². The highest BCUT2D eigenvalue weighted by atomic mass is 16.5. The molecule has 1 aromatic rings. The van der Waals surface area contributed by atoms with Crippen LogP contribution in [0.2, 0.25) is 0 Å². The highest BCUT2D eigenvalue weighted by Gasteiger charge is 2.08. The van der Waals surface area contributed by atoms with Crippen molar-refractivity contribution in [1.29, 1.82) is 0 Å². The Bertz CT molecular complexity index is 305. The van der Waals surface area contributed by atoms with E-state index in [1.54, 1.807) is 7.11 Å². The third-order valence-electron chi connectivity index (χ3n) is 2.70. The van der Waals surface area contributed by atoms with Crippen molar-refractivity contribution in [2.75, 3.05) is 33.5 Å². The summed E-state index contributed by atoms with van der Waals surface area (Å²) in [5.74, 6) is 0. The molecule has 0 saturated heterocycles. The summed E-state index contributed by atoms with van der Waals surface area (Å²) in [5.41, 5.74) is 1.21. The number of nitrogens with one attached hydrogen (secondary N) is 1. The van der Waals surface area contributed by atoms with Crippen LogP contribution in [0.5, 0.6) is 0 Å². The quantitative estimate of drug-likeness (QED) is 0.653. The summed E-state index contributed by atoms with van der Waals surface area (Å²) in [5, 5.41) is 13.0. The first-order valence-corrected chi connectivity index (χ1v) is 6.27. The summed E-state index contributed by atoms with van der Waals surface area (Å²) < 4.78 is 10.1. The fraction of sp³-hybridized carbons (Fsp3) is 0.571. The monoisotopic (exact) mass is 253 g/mol. The van der Waals surface area contributed by atoms with Gasteiger partial charge in [0.25, 0.3) is 0 Å². The van der Waals surface area contributed by atoms with Gasteiger partial charge in [-0.3, -0.25) is 0 Å². The lowest BCUT2D eigenvalue weighted by Gasteiger charge is -2.17. The molecule has 4 heteroatoms. The molecule has 0 aliphatic heterocycles. The average molecular weight is 253 g/mol. The number of benzene rings is 1. The van der Waals surface area contributed by atoms with Crippen molar-refractivity contribution < 1.29 is 14.6 Å². The molecule has 0 radical (unpaired) electrons. The van der Waals surface area contributed by atoms with Crippen molar-refractivity contribution >= 4 is 0 Å². The number of aliphatic hydroxyl groups excluding tert-OH is 1. The molecule has 0 amide bonds. The Kier molecular flexibility index (Phi) is 7.60. The summed E-state index contributed by atoms with van der Waals surface area (Å²) in [6.07, 6.45) is -0.493. The first kappa shape index (κ1) is 15.1. The predicted octanol–water partition coefficient (Wildman–Crippen LogP) is 1.36. The topological polar surface area (TPSA) is 50.7 Å². The van der Waals surface area contributed by atoms with Gasteiger partial charge in [0.15, 0.2) is 0 Å². The van der Waals surface area contributed by atoms with Crippen LogP contribution in [0.25, 0.3) is 0 Å². The predicted molar refractivity (Wildman–Crippen MR) is 71.6 cm³/mol. The van der Waals surface area contributed by atoms with Gasteiger partial charge < -0.3 is 19.9 Å². The second-order valence-electron chi connectivity index (χ2n) is 4.26. The zero-order chi connectivity index (χ0) is 13.2.